The van der Waals surface area contributed by atoms with Gasteiger partial charge < -0.3 is 14.8 Å². The molecule has 1 aliphatic carbocycles. The molecule has 0 radical (unpaired) electrons. The standard InChI is InChI=1S/C24H28F2N6O5S/c1-2-14-38-37-30-17-5-3-4-16(25)22(21(17)26)28-19-7-6-18-23(24(19)32(33)34)29-20(15-27-18)36-13-10-31-8-11-35-12-9-31/h3-7,15,17,28,30H,2,8-14H2,1H3. The van der Waals surface area contributed by atoms with E-state index in [1.807, 2.05) is 6.92 Å². The minimum absolute atomic E-state index is 0.0741. The molecule has 2 aromatic rings. The predicted octanol–water partition coefficient (Wildman–Crippen LogP) is 4.21. The first-order chi connectivity index (χ1) is 18.5. The monoisotopic (exact) mass is 550 g/mol. The Hall–Kier alpha value is -3.17. The lowest BCUT2D eigenvalue weighted by atomic mass is 10.2. The Labute approximate surface area is 222 Å². The molecule has 1 atom stereocenters. The summed E-state index contributed by atoms with van der Waals surface area (Å²) in [7, 11) is 0. The van der Waals surface area contributed by atoms with Crippen molar-refractivity contribution in [3.8, 4) is 5.88 Å². The summed E-state index contributed by atoms with van der Waals surface area (Å²) in [4.78, 5) is 22.1. The molecule has 14 heteroatoms. The Morgan fingerprint density at radius 1 is 1.32 bits per heavy atom. The Kier molecular flexibility index (Phi) is 9.95. The van der Waals surface area contributed by atoms with Crippen LogP contribution in [-0.2, 0) is 9.02 Å². The van der Waals surface area contributed by atoms with Crippen molar-refractivity contribution in [2.24, 2.45) is 0 Å². The van der Waals surface area contributed by atoms with Crippen LogP contribution < -0.4 is 15.5 Å². The van der Waals surface area contributed by atoms with Crippen LogP contribution in [0.15, 0.2) is 53.9 Å². The fourth-order valence-corrected chi connectivity index (χ4v) is 4.17. The molecule has 1 aromatic heterocycles. The van der Waals surface area contributed by atoms with Crippen molar-refractivity contribution in [3.63, 3.8) is 0 Å². The maximum absolute atomic E-state index is 15.3. The molecule has 1 aliphatic heterocycles. The van der Waals surface area contributed by atoms with Crippen molar-refractivity contribution in [3.05, 3.63) is 64.0 Å². The van der Waals surface area contributed by atoms with Crippen molar-refractivity contribution in [2.75, 3.05) is 50.5 Å². The molecule has 0 spiro atoms. The molecule has 2 N–H and O–H groups in total. The topological polar surface area (TPSA) is 124 Å². The van der Waals surface area contributed by atoms with Crippen molar-refractivity contribution in [2.45, 2.75) is 19.4 Å². The van der Waals surface area contributed by atoms with Crippen molar-refractivity contribution in [1.29, 1.82) is 0 Å². The van der Waals surface area contributed by atoms with Gasteiger partial charge in [0.15, 0.2) is 5.52 Å². The van der Waals surface area contributed by atoms with Crippen LogP contribution in [0.1, 0.15) is 13.3 Å². The van der Waals surface area contributed by atoms with Gasteiger partial charge in [0.05, 0.1) is 29.9 Å². The number of nitrogens with one attached hydrogen (secondary N) is 2. The molecule has 38 heavy (non-hydrogen) atoms. The predicted molar refractivity (Wildman–Crippen MR) is 140 cm³/mol. The molecule has 4 rings (SSSR count). The first-order valence-corrected chi connectivity index (χ1v) is 13.0. The van der Waals surface area contributed by atoms with Crippen LogP contribution in [0.4, 0.5) is 20.2 Å². The zero-order valence-electron chi connectivity index (χ0n) is 20.7. The highest BCUT2D eigenvalue weighted by Crippen LogP contribution is 2.35. The maximum Gasteiger partial charge on any atom is 0.320 e. The highest BCUT2D eigenvalue weighted by atomic mass is 32.2. The summed E-state index contributed by atoms with van der Waals surface area (Å²) < 4.78 is 46.3. The molecule has 2 aliphatic rings. The normalized spacial score (nSPS) is 18.4. The smallest absolute Gasteiger partial charge is 0.320 e. The summed E-state index contributed by atoms with van der Waals surface area (Å²) in [5.74, 6) is -1.10. The number of aromatic nitrogens is 2. The fraction of sp³-hybridized carbons (Fsp3) is 0.417. The Balaban J connectivity index is 1.57. The van der Waals surface area contributed by atoms with E-state index in [1.165, 1.54) is 30.5 Å². The Morgan fingerprint density at radius 2 is 2.13 bits per heavy atom. The average Bonchev–Trinajstić information content (AvgIpc) is 3.04. The summed E-state index contributed by atoms with van der Waals surface area (Å²) in [6.07, 6.45) is 5.99. The number of hydroxylamine groups is 1. The third kappa shape index (κ3) is 7.02. The number of nitro benzene ring substituents is 1. The minimum Gasteiger partial charge on any atom is -0.475 e. The Morgan fingerprint density at radius 3 is 2.89 bits per heavy atom. The maximum atomic E-state index is 15.3. The summed E-state index contributed by atoms with van der Waals surface area (Å²) in [5.41, 5.74) is 1.47. The van der Waals surface area contributed by atoms with Crippen molar-refractivity contribution in [1.82, 2.24) is 20.3 Å². The minimum atomic E-state index is -1.11. The number of benzene rings is 1. The fourth-order valence-electron chi connectivity index (χ4n) is 3.75. The quantitative estimate of drug-likeness (QED) is 0.171. The van der Waals surface area contributed by atoms with E-state index in [9.17, 15) is 14.5 Å². The van der Waals surface area contributed by atoms with E-state index in [0.29, 0.717) is 32.1 Å². The number of ether oxygens (including phenoxy) is 2. The van der Waals surface area contributed by atoms with E-state index in [4.69, 9.17) is 13.8 Å². The third-order valence-corrected chi connectivity index (χ3v) is 6.48. The number of nitrogens with zero attached hydrogens (tertiary/aromatic N) is 4. The molecule has 0 bridgehead atoms. The van der Waals surface area contributed by atoms with E-state index >= 15 is 4.39 Å². The number of fused-ring (bicyclic) bond motifs is 1. The molecule has 1 aromatic carbocycles. The largest absolute Gasteiger partial charge is 0.475 e. The molecule has 1 unspecified atom stereocenters. The van der Waals surface area contributed by atoms with Gasteiger partial charge in [0, 0.05) is 37.4 Å². The number of allylic oxidation sites excluding steroid dienone is 3. The van der Waals surface area contributed by atoms with Crippen molar-refractivity contribution >= 4 is 34.5 Å². The molecule has 1 saturated heterocycles. The number of hydrogen-bond donors (Lipinski definition) is 2. The van der Waals surface area contributed by atoms with Gasteiger partial charge in [-0.25, -0.2) is 23.0 Å². The van der Waals surface area contributed by atoms with Gasteiger partial charge in [-0.15, -0.1) is 0 Å². The van der Waals surface area contributed by atoms with Gasteiger partial charge in [-0.3, -0.25) is 15.0 Å². The van der Waals surface area contributed by atoms with Gasteiger partial charge >= 0.3 is 5.69 Å². The summed E-state index contributed by atoms with van der Waals surface area (Å²) >= 11 is 1.09. The van der Waals surface area contributed by atoms with E-state index < -0.39 is 34.0 Å². The number of halogens is 2. The highest BCUT2D eigenvalue weighted by molar-refractivity contribution is 7.94. The number of morpholine rings is 1. The van der Waals surface area contributed by atoms with Gasteiger partial charge in [0.2, 0.25) is 5.88 Å². The molecule has 0 saturated carbocycles. The second-order valence-corrected chi connectivity index (χ2v) is 9.16. The number of hydrogen-bond acceptors (Lipinski definition) is 11. The van der Waals surface area contributed by atoms with Gasteiger partial charge in [0.1, 0.15) is 35.7 Å². The summed E-state index contributed by atoms with van der Waals surface area (Å²) in [5, 5.41) is 14.6. The van der Waals surface area contributed by atoms with Gasteiger partial charge in [-0.05, 0) is 24.6 Å². The first-order valence-electron chi connectivity index (χ1n) is 12.1. The number of nitro groups is 1. The third-order valence-electron chi connectivity index (χ3n) is 5.69. The van der Waals surface area contributed by atoms with Crippen LogP contribution in [0.2, 0.25) is 0 Å². The van der Waals surface area contributed by atoms with Gasteiger partial charge in [-0.1, -0.05) is 19.1 Å². The van der Waals surface area contributed by atoms with Crippen molar-refractivity contribution < 1.29 is 27.5 Å². The summed E-state index contributed by atoms with van der Waals surface area (Å²) in [6.45, 7) is 5.80. The highest BCUT2D eigenvalue weighted by Gasteiger charge is 2.27. The van der Waals surface area contributed by atoms with Crippen LogP contribution >= 0.6 is 12.0 Å². The zero-order valence-corrected chi connectivity index (χ0v) is 21.5. The molecule has 11 nitrogen and oxygen atoms in total. The van der Waals surface area contributed by atoms with E-state index in [1.54, 1.807) is 0 Å². The van der Waals surface area contributed by atoms with Gasteiger partial charge in [-0.2, -0.15) is 5.48 Å². The van der Waals surface area contributed by atoms with Crippen LogP contribution in [0.25, 0.3) is 11.0 Å². The molecular formula is C24H28F2N6O5S. The van der Waals surface area contributed by atoms with E-state index in [0.717, 1.165) is 37.6 Å². The Bertz CT molecular complexity index is 1240. The van der Waals surface area contributed by atoms with Crippen LogP contribution in [0.5, 0.6) is 5.88 Å². The van der Waals surface area contributed by atoms with Crippen LogP contribution in [-0.4, -0.2) is 71.0 Å². The molecule has 0 amide bonds. The second kappa shape index (κ2) is 13.6. The zero-order chi connectivity index (χ0) is 26.9. The van der Waals surface area contributed by atoms with Crippen LogP contribution in [0.3, 0.4) is 0 Å². The lowest BCUT2D eigenvalue weighted by Crippen LogP contribution is -2.38. The van der Waals surface area contributed by atoms with E-state index in [-0.39, 0.29) is 22.6 Å². The summed E-state index contributed by atoms with van der Waals surface area (Å²) in [6, 6.07) is 1.69. The molecule has 2 heterocycles. The first kappa shape index (κ1) is 27.9. The lowest BCUT2D eigenvalue weighted by Gasteiger charge is -2.26. The number of rotatable bonds is 12. The molecule has 1 fully saturated rings. The number of anilines is 1. The van der Waals surface area contributed by atoms with Gasteiger partial charge in [0.25, 0.3) is 0 Å². The van der Waals surface area contributed by atoms with Crippen LogP contribution in [0, 0.1) is 10.1 Å². The second-order valence-electron chi connectivity index (χ2n) is 8.35. The lowest BCUT2D eigenvalue weighted by molar-refractivity contribution is -0.382. The molecule has 204 valence electrons. The average molecular weight is 551 g/mol. The van der Waals surface area contributed by atoms with E-state index in [2.05, 4.69) is 25.7 Å². The SMILES string of the molecule is CCCSONC1C=CC=C(F)C(Nc2ccc3ncc(OCCN4CCOCC4)nc3c2[N+](=O)[O-])=C1F. The molecular weight excluding hydrogens is 522 g/mol.